The Labute approximate surface area is 178 Å². The molecule has 0 bridgehead atoms. The highest BCUT2D eigenvalue weighted by Gasteiger charge is 2.17. The van der Waals surface area contributed by atoms with Crippen LogP contribution in [0.1, 0.15) is 28.7 Å². The number of nitrogens with one attached hydrogen (secondary N) is 1. The average molecular weight is 456 g/mol. The summed E-state index contributed by atoms with van der Waals surface area (Å²) in [5.41, 5.74) is 6.43. The summed E-state index contributed by atoms with van der Waals surface area (Å²) in [4.78, 5) is 19.1. The van der Waals surface area contributed by atoms with E-state index in [1.807, 2.05) is 7.05 Å². The number of carboxylic acids is 2. The summed E-state index contributed by atoms with van der Waals surface area (Å²) in [7, 11) is 1.99. The van der Waals surface area contributed by atoms with Crippen molar-refractivity contribution >= 4 is 44.0 Å². The van der Waals surface area contributed by atoms with E-state index in [-0.39, 0.29) is 0 Å². The van der Waals surface area contributed by atoms with E-state index < -0.39 is 11.9 Å². The molecule has 0 amide bonds. The summed E-state index contributed by atoms with van der Waals surface area (Å²) < 4.78 is 1.14. The molecule has 0 fully saturated rings. The Morgan fingerprint density at radius 3 is 2.07 bits per heavy atom. The van der Waals surface area contributed by atoms with Crippen LogP contribution in [0, 0.1) is 0 Å². The fourth-order valence-electron chi connectivity index (χ4n) is 2.88. The first-order valence-corrected chi connectivity index (χ1v) is 9.78. The van der Waals surface area contributed by atoms with Crippen LogP contribution in [0.15, 0.2) is 66.8 Å². The van der Waals surface area contributed by atoms with E-state index in [9.17, 15) is 9.59 Å². The maximum Gasteiger partial charge on any atom is 0.328 e. The van der Waals surface area contributed by atoms with Crippen LogP contribution < -0.4 is 5.32 Å². The molecule has 3 rings (SSSR count). The highest BCUT2D eigenvalue weighted by molar-refractivity contribution is 9.15. The number of carboxylic acid groups (broad SMARTS) is 2. The van der Waals surface area contributed by atoms with Gasteiger partial charge in [-0.25, -0.2) is 9.59 Å². The van der Waals surface area contributed by atoms with Crippen molar-refractivity contribution in [2.75, 3.05) is 13.6 Å². The smallest absolute Gasteiger partial charge is 0.328 e. The van der Waals surface area contributed by atoms with Gasteiger partial charge < -0.3 is 15.5 Å². The zero-order valence-electron chi connectivity index (χ0n) is 15.9. The van der Waals surface area contributed by atoms with Gasteiger partial charge in [-0.3, -0.25) is 0 Å². The number of fused-ring (bicyclic) bond motifs is 2. The molecule has 5 nitrogen and oxygen atoms in total. The molecule has 0 atom stereocenters. The summed E-state index contributed by atoms with van der Waals surface area (Å²) in [6.07, 6.45) is 6.69. The van der Waals surface area contributed by atoms with Crippen LogP contribution in [0.5, 0.6) is 0 Å². The maximum atomic E-state index is 9.55. The van der Waals surface area contributed by atoms with Crippen molar-refractivity contribution in [2.45, 2.75) is 6.42 Å². The van der Waals surface area contributed by atoms with Gasteiger partial charge in [0.1, 0.15) is 0 Å². The molecule has 0 unspecified atom stereocenters. The van der Waals surface area contributed by atoms with Crippen molar-refractivity contribution in [3.05, 3.63) is 89.0 Å². The van der Waals surface area contributed by atoms with Crippen molar-refractivity contribution in [3.63, 3.8) is 0 Å². The van der Waals surface area contributed by atoms with Gasteiger partial charge in [0, 0.05) is 16.6 Å². The molecule has 0 aromatic heterocycles. The van der Waals surface area contributed by atoms with Gasteiger partial charge in [0.05, 0.1) is 0 Å². The van der Waals surface area contributed by atoms with E-state index in [1.165, 1.54) is 27.8 Å². The Bertz CT molecular complexity index is 960. The first-order chi connectivity index (χ1) is 13.9. The Kier molecular flexibility index (Phi) is 8.58. The Morgan fingerprint density at radius 1 is 0.931 bits per heavy atom. The summed E-state index contributed by atoms with van der Waals surface area (Å²) >= 11 is 3.74. The van der Waals surface area contributed by atoms with Gasteiger partial charge in [-0.05, 0) is 53.9 Å². The zero-order valence-corrected chi connectivity index (χ0v) is 17.5. The third kappa shape index (κ3) is 6.55. The summed E-state index contributed by atoms with van der Waals surface area (Å²) in [5.74, 6) is -2.51. The predicted octanol–water partition coefficient (Wildman–Crippen LogP) is 4.65. The lowest BCUT2D eigenvalue weighted by Gasteiger charge is -2.12. The third-order valence-electron chi connectivity index (χ3n) is 4.12. The largest absolute Gasteiger partial charge is 0.478 e. The summed E-state index contributed by atoms with van der Waals surface area (Å²) in [5, 5.41) is 18.8. The van der Waals surface area contributed by atoms with Gasteiger partial charge >= 0.3 is 11.9 Å². The standard InChI is InChI=1S/C19H18BrN.C4H4O4/c1-21-12-6-11-16-15-8-3-2-7-14(15)13-19(20)18-10-5-4-9-17(16)18;5-3(6)1-2-4(7)8/h2-5,7-11,13,21H,6,12H2,1H3;1-2H,(H,5,6)(H,7,8)/b;2-1-. The van der Waals surface area contributed by atoms with Crippen molar-refractivity contribution in [1.29, 1.82) is 0 Å². The predicted molar refractivity (Wildman–Crippen MR) is 120 cm³/mol. The van der Waals surface area contributed by atoms with Gasteiger partial charge in [0.15, 0.2) is 0 Å². The Balaban J connectivity index is 0.000000321. The molecule has 3 N–H and O–H groups in total. The summed E-state index contributed by atoms with van der Waals surface area (Å²) in [6, 6.07) is 17.2. The number of hydrogen-bond donors (Lipinski definition) is 3. The van der Waals surface area contributed by atoms with E-state index in [0.717, 1.165) is 17.4 Å². The molecular formula is C23H22BrNO4. The SMILES string of the molecule is CNCCC=C1c2ccccc2C=C(Br)c2ccccc21.O=C(O)/C=C\C(=O)O. The molecule has 0 radical (unpaired) electrons. The molecule has 0 spiro atoms. The number of aliphatic carboxylic acids is 2. The molecule has 0 heterocycles. The second-order valence-electron chi connectivity index (χ2n) is 6.14. The van der Waals surface area contributed by atoms with Gasteiger partial charge in [0.25, 0.3) is 0 Å². The van der Waals surface area contributed by atoms with Crippen molar-refractivity contribution in [2.24, 2.45) is 0 Å². The van der Waals surface area contributed by atoms with Gasteiger partial charge in [0.2, 0.25) is 0 Å². The number of carbonyl (C=O) groups is 2. The number of benzene rings is 2. The summed E-state index contributed by atoms with van der Waals surface area (Å²) in [6.45, 7) is 0.989. The third-order valence-corrected chi connectivity index (χ3v) is 4.78. The van der Waals surface area contributed by atoms with Crippen LogP contribution in [0.3, 0.4) is 0 Å². The minimum atomic E-state index is -1.26. The molecule has 150 valence electrons. The highest BCUT2D eigenvalue weighted by Crippen LogP contribution is 2.39. The minimum Gasteiger partial charge on any atom is -0.478 e. The van der Waals surface area contributed by atoms with Gasteiger partial charge in [-0.15, -0.1) is 0 Å². The lowest BCUT2D eigenvalue weighted by Crippen LogP contribution is -2.06. The van der Waals surface area contributed by atoms with Crippen molar-refractivity contribution in [1.82, 2.24) is 5.32 Å². The van der Waals surface area contributed by atoms with Crippen LogP contribution in [0.2, 0.25) is 0 Å². The molecule has 1 aliphatic rings. The molecule has 0 saturated heterocycles. The first-order valence-electron chi connectivity index (χ1n) is 8.99. The topological polar surface area (TPSA) is 86.6 Å². The highest BCUT2D eigenvalue weighted by atomic mass is 79.9. The molecule has 2 aromatic rings. The van der Waals surface area contributed by atoms with Gasteiger partial charge in [-0.2, -0.15) is 0 Å². The molecule has 6 heteroatoms. The van der Waals surface area contributed by atoms with Crippen LogP contribution in [-0.2, 0) is 9.59 Å². The molecule has 2 aromatic carbocycles. The van der Waals surface area contributed by atoms with Crippen molar-refractivity contribution in [3.8, 4) is 0 Å². The maximum absolute atomic E-state index is 9.55. The molecule has 1 aliphatic carbocycles. The Morgan fingerprint density at radius 2 is 1.48 bits per heavy atom. The molecule has 0 aliphatic heterocycles. The molecule has 29 heavy (non-hydrogen) atoms. The van der Waals surface area contributed by atoms with Crippen molar-refractivity contribution < 1.29 is 19.8 Å². The average Bonchev–Trinajstić information content (AvgIpc) is 2.82. The minimum absolute atomic E-state index is 0.558. The normalized spacial score (nSPS) is 13.6. The second-order valence-corrected chi connectivity index (χ2v) is 7.00. The van der Waals surface area contributed by atoms with E-state index in [1.54, 1.807) is 0 Å². The fourth-order valence-corrected chi connectivity index (χ4v) is 3.47. The van der Waals surface area contributed by atoms with Crippen LogP contribution in [0.25, 0.3) is 16.1 Å². The van der Waals surface area contributed by atoms with E-state index >= 15 is 0 Å². The lowest BCUT2D eigenvalue weighted by molar-refractivity contribution is -0.134. The van der Waals surface area contributed by atoms with E-state index in [4.69, 9.17) is 10.2 Å². The number of rotatable bonds is 5. The lowest BCUT2D eigenvalue weighted by atomic mass is 9.93. The van der Waals surface area contributed by atoms with E-state index in [2.05, 4.69) is 81.9 Å². The number of hydrogen-bond acceptors (Lipinski definition) is 3. The first kappa shape index (κ1) is 22.3. The monoisotopic (exact) mass is 455 g/mol. The second kappa shape index (κ2) is 11.1. The van der Waals surface area contributed by atoms with Crippen LogP contribution in [-0.4, -0.2) is 35.7 Å². The zero-order chi connectivity index (χ0) is 21.2. The fraction of sp³-hybridized carbons (Fsp3) is 0.130. The Hall–Kier alpha value is -2.96. The molecule has 0 saturated carbocycles. The van der Waals surface area contributed by atoms with Gasteiger partial charge in [-0.1, -0.05) is 70.5 Å². The van der Waals surface area contributed by atoms with Crippen LogP contribution in [0.4, 0.5) is 0 Å². The molecular weight excluding hydrogens is 434 g/mol. The number of halogens is 1. The van der Waals surface area contributed by atoms with E-state index in [0.29, 0.717) is 12.2 Å². The quantitative estimate of drug-likeness (QED) is 0.451. The van der Waals surface area contributed by atoms with Crippen LogP contribution >= 0.6 is 15.9 Å².